The third-order valence-corrected chi connectivity index (χ3v) is 3.53. The van der Waals surface area contributed by atoms with Gasteiger partial charge in [-0.05, 0) is 31.0 Å². The van der Waals surface area contributed by atoms with Gasteiger partial charge in [0.15, 0.2) is 5.58 Å². The average molecular weight is 273 g/mol. The second-order valence-electron chi connectivity index (χ2n) is 4.63. The Morgan fingerprint density at radius 2 is 1.84 bits per heavy atom. The summed E-state index contributed by atoms with van der Waals surface area (Å²) in [5.41, 5.74) is 10.9. The van der Waals surface area contributed by atoms with Crippen LogP contribution in [0.1, 0.15) is 11.1 Å². The lowest BCUT2D eigenvalue weighted by Gasteiger charge is -2.04. The molecule has 0 aliphatic carbocycles. The maximum atomic E-state index is 6.00. The van der Waals surface area contributed by atoms with E-state index < -0.39 is 0 Å². The molecule has 0 bridgehead atoms. The van der Waals surface area contributed by atoms with E-state index in [-0.39, 0.29) is 0 Å². The van der Waals surface area contributed by atoms with Crippen molar-refractivity contribution in [2.75, 3.05) is 5.73 Å². The number of oxazole rings is 1. The van der Waals surface area contributed by atoms with Gasteiger partial charge in [-0.25, -0.2) is 4.98 Å². The summed E-state index contributed by atoms with van der Waals surface area (Å²) in [6.45, 7) is 4.08. The lowest BCUT2D eigenvalue weighted by molar-refractivity contribution is 0.619. The van der Waals surface area contributed by atoms with Gasteiger partial charge in [-0.2, -0.15) is 0 Å². The van der Waals surface area contributed by atoms with Crippen LogP contribution in [0.2, 0.25) is 5.02 Å². The van der Waals surface area contributed by atoms with Crippen LogP contribution in [0.5, 0.6) is 0 Å². The van der Waals surface area contributed by atoms with Gasteiger partial charge in [0, 0.05) is 11.6 Å². The minimum absolute atomic E-state index is 0.494. The molecule has 0 radical (unpaired) electrons. The Labute approximate surface area is 116 Å². The standard InChI is InChI=1S/C15H13ClN2O/c1-8-4-3-5-9(2)14(8)15-18-12-6-10(16)11(17)7-13(12)19-15/h3-7H,17H2,1-2H3. The number of fused-ring (bicyclic) bond motifs is 1. The maximum Gasteiger partial charge on any atom is 0.227 e. The lowest BCUT2D eigenvalue weighted by Crippen LogP contribution is -1.87. The van der Waals surface area contributed by atoms with E-state index in [2.05, 4.69) is 4.98 Å². The number of nitrogens with zero attached hydrogens (tertiary/aromatic N) is 1. The largest absolute Gasteiger partial charge is 0.436 e. The van der Waals surface area contributed by atoms with E-state index in [0.29, 0.717) is 22.2 Å². The predicted octanol–water partition coefficient (Wildman–Crippen LogP) is 4.35. The molecule has 1 heterocycles. The van der Waals surface area contributed by atoms with Crippen LogP contribution in [-0.2, 0) is 0 Å². The maximum absolute atomic E-state index is 6.00. The molecule has 0 fully saturated rings. The molecule has 0 atom stereocenters. The fraction of sp³-hybridized carbons (Fsp3) is 0.133. The average Bonchev–Trinajstić information content (AvgIpc) is 2.72. The van der Waals surface area contributed by atoms with Crippen LogP contribution in [-0.4, -0.2) is 4.98 Å². The molecule has 0 saturated carbocycles. The summed E-state index contributed by atoms with van der Waals surface area (Å²) in [6.07, 6.45) is 0. The second kappa shape index (κ2) is 4.28. The SMILES string of the molecule is Cc1cccc(C)c1-c1nc2cc(Cl)c(N)cc2o1. The van der Waals surface area contributed by atoms with Gasteiger partial charge in [-0.1, -0.05) is 29.8 Å². The van der Waals surface area contributed by atoms with Gasteiger partial charge in [0.1, 0.15) is 5.52 Å². The monoisotopic (exact) mass is 272 g/mol. The third kappa shape index (κ3) is 1.96. The highest BCUT2D eigenvalue weighted by molar-refractivity contribution is 6.33. The summed E-state index contributed by atoms with van der Waals surface area (Å²) in [6, 6.07) is 9.54. The minimum atomic E-state index is 0.494. The van der Waals surface area contributed by atoms with Gasteiger partial charge >= 0.3 is 0 Å². The molecule has 96 valence electrons. The number of nitrogen functional groups attached to an aromatic ring is 1. The van der Waals surface area contributed by atoms with Gasteiger partial charge in [-0.3, -0.25) is 0 Å². The molecule has 3 aromatic rings. The Bertz CT molecular complexity index is 718. The lowest BCUT2D eigenvalue weighted by atomic mass is 10.0. The number of halogens is 1. The molecule has 3 rings (SSSR count). The summed E-state index contributed by atoms with van der Waals surface area (Å²) in [5.74, 6) is 0.604. The van der Waals surface area contributed by atoms with Gasteiger partial charge in [-0.15, -0.1) is 0 Å². The van der Waals surface area contributed by atoms with E-state index in [1.165, 1.54) is 0 Å². The molecular formula is C15H13ClN2O. The zero-order chi connectivity index (χ0) is 13.6. The van der Waals surface area contributed by atoms with Crippen LogP contribution in [0, 0.1) is 13.8 Å². The molecule has 2 aromatic carbocycles. The zero-order valence-electron chi connectivity index (χ0n) is 10.7. The topological polar surface area (TPSA) is 52.0 Å². The fourth-order valence-electron chi connectivity index (χ4n) is 2.22. The van der Waals surface area contributed by atoms with Gasteiger partial charge < -0.3 is 10.2 Å². The number of hydrogen-bond acceptors (Lipinski definition) is 3. The van der Waals surface area contributed by atoms with E-state index in [0.717, 1.165) is 22.2 Å². The Morgan fingerprint density at radius 1 is 1.16 bits per heavy atom. The molecule has 3 nitrogen and oxygen atoms in total. The summed E-state index contributed by atoms with van der Waals surface area (Å²) >= 11 is 6.00. The number of benzene rings is 2. The molecule has 0 spiro atoms. The molecule has 0 aliphatic heterocycles. The number of aromatic nitrogens is 1. The first-order valence-corrected chi connectivity index (χ1v) is 6.36. The van der Waals surface area contributed by atoms with Crippen molar-refractivity contribution < 1.29 is 4.42 Å². The number of hydrogen-bond donors (Lipinski definition) is 1. The van der Waals surface area contributed by atoms with Crippen LogP contribution in [0.4, 0.5) is 5.69 Å². The van der Waals surface area contributed by atoms with E-state index >= 15 is 0 Å². The normalized spacial score (nSPS) is 11.1. The van der Waals surface area contributed by atoms with Crippen LogP contribution in [0.25, 0.3) is 22.6 Å². The Kier molecular flexibility index (Phi) is 2.72. The molecule has 0 unspecified atom stereocenters. The summed E-state index contributed by atoms with van der Waals surface area (Å²) in [4.78, 5) is 4.50. The quantitative estimate of drug-likeness (QED) is 0.670. The van der Waals surface area contributed by atoms with Crippen molar-refractivity contribution in [2.24, 2.45) is 0 Å². The highest BCUT2D eigenvalue weighted by atomic mass is 35.5. The first-order valence-electron chi connectivity index (χ1n) is 5.98. The van der Waals surface area contributed by atoms with Crippen molar-refractivity contribution in [3.63, 3.8) is 0 Å². The molecule has 2 N–H and O–H groups in total. The third-order valence-electron chi connectivity index (χ3n) is 3.20. The highest BCUT2D eigenvalue weighted by Crippen LogP contribution is 2.32. The first-order chi connectivity index (χ1) is 9.06. The number of rotatable bonds is 1. The van der Waals surface area contributed by atoms with Crippen LogP contribution in [0.3, 0.4) is 0 Å². The van der Waals surface area contributed by atoms with E-state index in [1.54, 1.807) is 12.1 Å². The van der Waals surface area contributed by atoms with Crippen molar-refractivity contribution in [3.05, 3.63) is 46.5 Å². The number of aryl methyl sites for hydroxylation is 2. The Morgan fingerprint density at radius 3 is 2.53 bits per heavy atom. The molecule has 19 heavy (non-hydrogen) atoms. The van der Waals surface area contributed by atoms with Crippen LogP contribution < -0.4 is 5.73 Å². The van der Waals surface area contributed by atoms with Crippen molar-refractivity contribution >= 4 is 28.4 Å². The van der Waals surface area contributed by atoms with E-state index in [1.807, 2.05) is 32.0 Å². The van der Waals surface area contributed by atoms with Gasteiger partial charge in [0.05, 0.1) is 10.7 Å². The van der Waals surface area contributed by atoms with Crippen molar-refractivity contribution in [3.8, 4) is 11.5 Å². The van der Waals surface area contributed by atoms with Crippen molar-refractivity contribution in [1.29, 1.82) is 0 Å². The first kappa shape index (κ1) is 12.1. The summed E-state index contributed by atoms with van der Waals surface area (Å²) in [7, 11) is 0. The molecule has 0 amide bonds. The highest BCUT2D eigenvalue weighted by Gasteiger charge is 2.14. The number of anilines is 1. The Balaban J connectivity index is 2.26. The van der Waals surface area contributed by atoms with Gasteiger partial charge in [0.2, 0.25) is 5.89 Å². The second-order valence-corrected chi connectivity index (χ2v) is 5.03. The number of nitrogens with two attached hydrogens (primary N) is 1. The van der Waals surface area contributed by atoms with Crippen LogP contribution in [0.15, 0.2) is 34.7 Å². The summed E-state index contributed by atoms with van der Waals surface area (Å²) in [5, 5.41) is 0.494. The molecular weight excluding hydrogens is 260 g/mol. The van der Waals surface area contributed by atoms with Gasteiger partial charge in [0.25, 0.3) is 0 Å². The van der Waals surface area contributed by atoms with E-state index in [9.17, 15) is 0 Å². The smallest absolute Gasteiger partial charge is 0.227 e. The minimum Gasteiger partial charge on any atom is -0.436 e. The van der Waals surface area contributed by atoms with Crippen molar-refractivity contribution in [2.45, 2.75) is 13.8 Å². The molecule has 0 saturated heterocycles. The Hall–Kier alpha value is -2.00. The predicted molar refractivity (Wildman–Crippen MR) is 78.3 cm³/mol. The molecule has 4 heteroatoms. The van der Waals surface area contributed by atoms with Crippen LogP contribution >= 0.6 is 11.6 Å². The van der Waals surface area contributed by atoms with E-state index in [4.69, 9.17) is 21.8 Å². The molecule has 0 aliphatic rings. The molecule has 1 aromatic heterocycles. The zero-order valence-corrected chi connectivity index (χ0v) is 11.5. The van der Waals surface area contributed by atoms with Crippen molar-refractivity contribution in [1.82, 2.24) is 4.98 Å². The summed E-state index contributed by atoms with van der Waals surface area (Å²) < 4.78 is 5.80. The fourth-order valence-corrected chi connectivity index (χ4v) is 2.38.